The number of halogens is 3. The third kappa shape index (κ3) is 3.94. The number of carbonyl (C=O) groups is 2. The lowest BCUT2D eigenvalue weighted by atomic mass is 9.82. The number of nitrogens with zero attached hydrogens (tertiary/aromatic N) is 3. The summed E-state index contributed by atoms with van der Waals surface area (Å²) in [5.41, 5.74) is 4.03. The molecule has 12 heteroatoms. The zero-order valence-corrected chi connectivity index (χ0v) is 18.3. The molecule has 32 heavy (non-hydrogen) atoms. The molecule has 4 rings (SSSR count). The third-order valence-electron chi connectivity index (χ3n) is 5.73. The van der Waals surface area contributed by atoms with Gasteiger partial charge in [-0.05, 0) is 37.5 Å². The quantitative estimate of drug-likeness (QED) is 0.520. The highest BCUT2D eigenvalue weighted by molar-refractivity contribution is 6.35. The lowest BCUT2D eigenvalue weighted by Gasteiger charge is -2.46. The molecule has 2 aliphatic heterocycles. The summed E-state index contributed by atoms with van der Waals surface area (Å²) >= 11 is 12.2. The van der Waals surface area contributed by atoms with Gasteiger partial charge in [-0.1, -0.05) is 23.2 Å². The molecule has 0 radical (unpaired) electrons. The van der Waals surface area contributed by atoms with Gasteiger partial charge in [0.05, 0.1) is 6.10 Å². The van der Waals surface area contributed by atoms with Crippen LogP contribution in [-0.2, 0) is 15.1 Å². The second-order valence-electron chi connectivity index (χ2n) is 7.80. The Morgan fingerprint density at radius 1 is 1.25 bits per heavy atom. The summed E-state index contributed by atoms with van der Waals surface area (Å²) in [5, 5.41) is 16.8. The highest BCUT2D eigenvalue weighted by Gasteiger charge is 2.52. The van der Waals surface area contributed by atoms with Crippen LogP contribution in [0.2, 0.25) is 10.0 Å². The van der Waals surface area contributed by atoms with Crippen molar-refractivity contribution in [1.29, 1.82) is 0 Å². The van der Waals surface area contributed by atoms with Gasteiger partial charge in [0.2, 0.25) is 5.91 Å². The third-order valence-corrected chi connectivity index (χ3v) is 6.16. The summed E-state index contributed by atoms with van der Waals surface area (Å²) in [4.78, 5) is 35.4. The average molecular weight is 483 g/mol. The number of likely N-dealkylation sites (tertiary alicyclic amines) is 1. The van der Waals surface area contributed by atoms with Gasteiger partial charge in [-0.2, -0.15) is 0 Å². The first-order valence-corrected chi connectivity index (χ1v) is 10.8. The number of aromatic nitrogens is 2. The zero-order valence-electron chi connectivity index (χ0n) is 16.8. The SMILES string of the molecule is Nc1ncnc(C2(Nc3cc(Cl)cc(Cl)c3)CCCN(C3C(=O)NCC[C@H]3O)C2=O)c1F. The van der Waals surface area contributed by atoms with Crippen molar-refractivity contribution in [2.24, 2.45) is 0 Å². The smallest absolute Gasteiger partial charge is 0.255 e. The molecule has 3 atom stereocenters. The number of piperidine rings is 2. The van der Waals surface area contributed by atoms with Crippen LogP contribution in [0.25, 0.3) is 0 Å². The van der Waals surface area contributed by atoms with E-state index < -0.39 is 41.1 Å². The van der Waals surface area contributed by atoms with Crippen molar-refractivity contribution in [2.45, 2.75) is 36.9 Å². The molecular formula is C20H21Cl2FN6O3. The van der Waals surface area contributed by atoms with Crippen molar-refractivity contribution >= 4 is 46.5 Å². The summed E-state index contributed by atoms with van der Waals surface area (Å²) in [6.45, 7) is 0.510. The van der Waals surface area contributed by atoms with Gasteiger partial charge in [0, 0.05) is 28.8 Å². The summed E-state index contributed by atoms with van der Waals surface area (Å²) < 4.78 is 15.1. The van der Waals surface area contributed by atoms with E-state index in [9.17, 15) is 14.7 Å². The molecule has 2 fully saturated rings. The lowest BCUT2D eigenvalue weighted by Crippen LogP contribution is -2.66. The van der Waals surface area contributed by atoms with Crippen LogP contribution < -0.4 is 16.4 Å². The van der Waals surface area contributed by atoms with Crippen molar-refractivity contribution in [1.82, 2.24) is 20.2 Å². The minimum atomic E-state index is -1.73. The molecular weight excluding hydrogens is 462 g/mol. The van der Waals surface area contributed by atoms with Gasteiger partial charge in [-0.25, -0.2) is 14.4 Å². The van der Waals surface area contributed by atoms with E-state index in [1.54, 1.807) is 0 Å². The van der Waals surface area contributed by atoms with E-state index in [1.807, 2.05) is 0 Å². The second kappa shape index (κ2) is 8.68. The summed E-state index contributed by atoms with van der Waals surface area (Å²) in [7, 11) is 0. The van der Waals surface area contributed by atoms with Gasteiger partial charge in [-0.15, -0.1) is 0 Å². The number of hydrogen-bond donors (Lipinski definition) is 4. The number of nitrogens with two attached hydrogens (primary N) is 1. The van der Waals surface area contributed by atoms with E-state index in [4.69, 9.17) is 28.9 Å². The number of aliphatic hydroxyl groups excluding tert-OH is 1. The molecule has 0 spiro atoms. The van der Waals surface area contributed by atoms with E-state index in [0.29, 0.717) is 35.1 Å². The number of nitrogen functional groups attached to an aromatic ring is 1. The van der Waals surface area contributed by atoms with E-state index in [1.165, 1.54) is 23.1 Å². The Balaban J connectivity index is 1.84. The molecule has 3 heterocycles. The van der Waals surface area contributed by atoms with Gasteiger partial charge >= 0.3 is 0 Å². The van der Waals surface area contributed by atoms with Crippen LogP contribution in [0.3, 0.4) is 0 Å². The lowest BCUT2D eigenvalue weighted by molar-refractivity contribution is -0.153. The molecule has 2 unspecified atom stereocenters. The number of anilines is 2. The molecule has 2 saturated heterocycles. The fourth-order valence-electron chi connectivity index (χ4n) is 4.31. The highest BCUT2D eigenvalue weighted by atomic mass is 35.5. The van der Waals surface area contributed by atoms with Crippen molar-refractivity contribution in [3.63, 3.8) is 0 Å². The Morgan fingerprint density at radius 2 is 1.97 bits per heavy atom. The van der Waals surface area contributed by atoms with Crippen molar-refractivity contribution in [3.8, 4) is 0 Å². The average Bonchev–Trinajstić information content (AvgIpc) is 2.72. The first kappa shape index (κ1) is 22.5. The van der Waals surface area contributed by atoms with Gasteiger partial charge in [0.1, 0.15) is 18.1 Å². The monoisotopic (exact) mass is 482 g/mol. The molecule has 1 aromatic heterocycles. The number of benzene rings is 1. The topological polar surface area (TPSA) is 133 Å². The molecule has 0 aliphatic carbocycles. The van der Waals surface area contributed by atoms with E-state index >= 15 is 4.39 Å². The summed E-state index contributed by atoms with van der Waals surface area (Å²) in [5.74, 6) is -2.46. The first-order valence-electron chi connectivity index (χ1n) is 10.0. The van der Waals surface area contributed by atoms with Crippen LogP contribution >= 0.6 is 23.2 Å². The summed E-state index contributed by atoms with van der Waals surface area (Å²) in [6, 6.07) is 3.47. The van der Waals surface area contributed by atoms with E-state index in [0.717, 1.165) is 6.33 Å². The molecule has 0 bridgehead atoms. The van der Waals surface area contributed by atoms with E-state index in [-0.39, 0.29) is 18.7 Å². The zero-order chi connectivity index (χ0) is 23.0. The largest absolute Gasteiger partial charge is 0.390 e. The van der Waals surface area contributed by atoms with Crippen LogP contribution in [-0.4, -0.2) is 57.0 Å². The Kier molecular flexibility index (Phi) is 6.11. The fourth-order valence-corrected chi connectivity index (χ4v) is 4.84. The van der Waals surface area contributed by atoms with Crippen LogP contribution in [0.15, 0.2) is 24.5 Å². The number of nitrogens with one attached hydrogen (secondary N) is 2. The van der Waals surface area contributed by atoms with Crippen LogP contribution in [0.4, 0.5) is 15.9 Å². The van der Waals surface area contributed by atoms with Crippen molar-refractivity contribution < 1.29 is 19.1 Å². The number of hydrogen-bond acceptors (Lipinski definition) is 7. The molecule has 2 aliphatic rings. The predicted octanol–water partition coefficient (Wildman–Crippen LogP) is 1.68. The summed E-state index contributed by atoms with van der Waals surface area (Å²) in [6.07, 6.45) is 0.844. The molecule has 2 amide bonds. The molecule has 170 valence electrons. The van der Waals surface area contributed by atoms with Crippen molar-refractivity contribution in [3.05, 3.63) is 46.1 Å². The van der Waals surface area contributed by atoms with Crippen LogP contribution in [0.1, 0.15) is 25.0 Å². The Bertz CT molecular complexity index is 1050. The Hall–Kier alpha value is -2.69. The minimum Gasteiger partial charge on any atom is -0.390 e. The number of rotatable bonds is 4. The minimum absolute atomic E-state index is 0.143. The maximum absolute atomic E-state index is 15.1. The molecule has 5 N–H and O–H groups in total. The van der Waals surface area contributed by atoms with Gasteiger partial charge in [-0.3, -0.25) is 9.59 Å². The van der Waals surface area contributed by atoms with Gasteiger partial charge in [0.25, 0.3) is 5.91 Å². The first-order chi connectivity index (χ1) is 15.2. The fraction of sp³-hybridized carbons (Fsp3) is 0.400. The molecule has 9 nitrogen and oxygen atoms in total. The standard InChI is InChI=1S/C20H21Cl2FN6O3/c21-10-6-11(22)8-12(7-10)28-20(16-14(23)17(24)27-9-26-16)3-1-5-29(19(20)32)15-13(30)2-4-25-18(15)31/h6-9,13,15,28,30H,1-5H2,(H,25,31)(H2,24,26,27)/t13-,15?,20?/m1/s1. The van der Waals surface area contributed by atoms with Crippen LogP contribution in [0, 0.1) is 5.82 Å². The van der Waals surface area contributed by atoms with Gasteiger partial charge in [0.15, 0.2) is 17.2 Å². The predicted molar refractivity (Wildman–Crippen MR) is 117 cm³/mol. The van der Waals surface area contributed by atoms with Gasteiger partial charge < -0.3 is 26.4 Å². The normalized spacial score (nSPS) is 26.1. The maximum Gasteiger partial charge on any atom is 0.255 e. The van der Waals surface area contributed by atoms with E-state index in [2.05, 4.69) is 20.6 Å². The van der Waals surface area contributed by atoms with Crippen molar-refractivity contribution in [2.75, 3.05) is 24.1 Å². The number of aliphatic hydroxyl groups is 1. The maximum atomic E-state index is 15.1. The molecule has 2 aromatic rings. The molecule has 1 aromatic carbocycles. The number of amides is 2. The molecule has 0 saturated carbocycles. The Labute approximate surface area is 193 Å². The number of carbonyl (C=O) groups excluding carboxylic acids is 2. The second-order valence-corrected chi connectivity index (χ2v) is 8.68. The highest BCUT2D eigenvalue weighted by Crippen LogP contribution is 2.39. The van der Waals surface area contributed by atoms with Crippen LogP contribution in [0.5, 0.6) is 0 Å². The Morgan fingerprint density at radius 3 is 2.66 bits per heavy atom.